The van der Waals surface area contributed by atoms with E-state index < -0.39 is 5.92 Å². The Balaban J connectivity index is 2.01. The van der Waals surface area contributed by atoms with Gasteiger partial charge in [0.05, 0.1) is 17.9 Å². The summed E-state index contributed by atoms with van der Waals surface area (Å²) in [6, 6.07) is 0.161. The molecule has 0 aromatic carbocycles. The summed E-state index contributed by atoms with van der Waals surface area (Å²) in [5.41, 5.74) is 0.800. The van der Waals surface area contributed by atoms with E-state index in [2.05, 4.69) is 4.98 Å². The second kappa shape index (κ2) is 4.08. The maximum Gasteiger partial charge on any atom is 0.248 e. The Bertz CT molecular complexity index is 328. The molecule has 1 fully saturated rings. The Morgan fingerprint density at radius 2 is 2.13 bits per heavy atom. The molecule has 1 aromatic rings. The summed E-state index contributed by atoms with van der Waals surface area (Å²) in [6.07, 6.45) is 4.53. The fourth-order valence-electron chi connectivity index (χ4n) is 1.97. The quantitative estimate of drug-likeness (QED) is 0.718. The molecule has 0 amide bonds. The predicted molar refractivity (Wildman–Crippen MR) is 54.2 cm³/mol. The molecule has 0 spiro atoms. The molecule has 2 nitrogen and oxygen atoms in total. The molecule has 0 saturated heterocycles. The number of alkyl halides is 3. The molecule has 1 aromatic heterocycles. The number of halogens is 3. The second-order valence-electron chi connectivity index (χ2n) is 4.03. The Hall–Kier alpha value is -0.640. The van der Waals surface area contributed by atoms with Crippen molar-refractivity contribution in [3.05, 3.63) is 18.2 Å². The Labute approximate surface area is 92.3 Å². The van der Waals surface area contributed by atoms with Gasteiger partial charge in [0.25, 0.3) is 0 Å². The van der Waals surface area contributed by atoms with Gasteiger partial charge in [-0.3, -0.25) is 0 Å². The molecule has 0 bridgehead atoms. The molecule has 0 unspecified atom stereocenters. The number of aromatic nitrogens is 2. The molecule has 2 rings (SSSR count). The van der Waals surface area contributed by atoms with Crippen molar-refractivity contribution in [2.24, 2.45) is 0 Å². The topological polar surface area (TPSA) is 17.8 Å². The lowest BCUT2D eigenvalue weighted by molar-refractivity contribution is -0.0439. The summed E-state index contributed by atoms with van der Waals surface area (Å²) < 4.78 is 27.7. The number of hydrogen-bond acceptors (Lipinski definition) is 1. The summed E-state index contributed by atoms with van der Waals surface area (Å²) in [4.78, 5) is 4.09. The van der Waals surface area contributed by atoms with Gasteiger partial charge in [0.2, 0.25) is 5.92 Å². The Morgan fingerprint density at radius 1 is 1.47 bits per heavy atom. The van der Waals surface area contributed by atoms with Crippen molar-refractivity contribution in [3.8, 4) is 0 Å². The van der Waals surface area contributed by atoms with E-state index in [1.807, 2.05) is 10.8 Å². The van der Waals surface area contributed by atoms with Gasteiger partial charge in [-0.1, -0.05) is 0 Å². The molecule has 0 radical (unpaired) electrons. The zero-order valence-electron chi connectivity index (χ0n) is 8.30. The summed E-state index contributed by atoms with van der Waals surface area (Å²) in [5.74, 6) is -2.09. The molecule has 0 aliphatic heterocycles. The van der Waals surface area contributed by atoms with Crippen molar-refractivity contribution >= 4 is 11.6 Å². The summed E-state index contributed by atoms with van der Waals surface area (Å²) in [6.45, 7) is 0. The van der Waals surface area contributed by atoms with Crippen molar-refractivity contribution in [3.63, 3.8) is 0 Å². The van der Waals surface area contributed by atoms with E-state index >= 15 is 0 Å². The fourth-order valence-corrected chi connectivity index (χ4v) is 2.11. The van der Waals surface area contributed by atoms with Crippen LogP contribution in [-0.2, 0) is 5.88 Å². The van der Waals surface area contributed by atoms with Crippen LogP contribution in [0.5, 0.6) is 0 Å². The average Bonchev–Trinajstić information content (AvgIpc) is 2.66. The van der Waals surface area contributed by atoms with E-state index in [-0.39, 0.29) is 18.9 Å². The van der Waals surface area contributed by atoms with Gasteiger partial charge in [0.15, 0.2) is 0 Å². The number of hydrogen-bond donors (Lipinski definition) is 0. The first-order chi connectivity index (χ1) is 7.11. The van der Waals surface area contributed by atoms with Crippen LogP contribution >= 0.6 is 11.6 Å². The zero-order valence-corrected chi connectivity index (χ0v) is 9.05. The van der Waals surface area contributed by atoms with Gasteiger partial charge in [-0.15, -0.1) is 11.6 Å². The van der Waals surface area contributed by atoms with Gasteiger partial charge in [0, 0.05) is 25.1 Å². The number of nitrogens with zero attached hydrogens (tertiary/aromatic N) is 2. The fraction of sp³-hybridized carbons (Fsp3) is 0.700. The Morgan fingerprint density at radius 3 is 2.67 bits per heavy atom. The minimum absolute atomic E-state index is 0.0218. The lowest BCUT2D eigenvalue weighted by Crippen LogP contribution is -2.25. The third-order valence-corrected chi connectivity index (χ3v) is 3.17. The third kappa shape index (κ3) is 2.48. The van der Waals surface area contributed by atoms with E-state index in [0.717, 1.165) is 5.69 Å². The van der Waals surface area contributed by atoms with Gasteiger partial charge < -0.3 is 4.57 Å². The van der Waals surface area contributed by atoms with Crippen LogP contribution in [0.4, 0.5) is 8.78 Å². The first-order valence-electron chi connectivity index (χ1n) is 5.07. The van der Waals surface area contributed by atoms with Gasteiger partial charge in [-0.25, -0.2) is 13.8 Å². The summed E-state index contributed by atoms with van der Waals surface area (Å²) in [5, 5.41) is 0. The second-order valence-corrected chi connectivity index (χ2v) is 4.30. The molecule has 0 N–H and O–H groups in total. The molecule has 15 heavy (non-hydrogen) atoms. The van der Waals surface area contributed by atoms with E-state index in [4.69, 9.17) is 11.6 Å². The predicted octanol–water partition coefficient (Wildman–Crippen LogP) is 3.37. The first-order valence-corrected chi connectivity index (χ1v) is 5.60. The zero-order chi connectivity index (χ0) is 10.9. The van der Waals surface area contributed by atoms with Crippen LogP contribution in [-0.4, -0.2) is 15.5 Å². The van der Waals surface area contributed by atoms with Gasteiger partial charge in [0.1, 0.15) is 0 Å². The lowest BCUT2D eigenvalue weighted by atomic mass is 9.92. The molecule has 0 atom stereocenters. The highest BCUT2D eigenvalue weighted by Crippen LogP contribution is 2.38. The molecular weight excluding hydrogens is 222 g/mol. The van der Waals surface area contributed by atoms with E-state index in [1.54, 1.807) is 6.33 Å². The van der Waals surface area contributed by atoms with E-state index in [9.17, 15) is 8.78 Å². The standard InChI is InChI=1S/C10H13ClF2N2/c11-5-8-6-15(7-14-8)9-1-3-10(12,13)4-2-9/h6-7,9H,1-5H2. The molecule has 1 aliphatic rings. The smallest absolute Gasteiger partial charge is 0.248 e. The molecule has 1 heterocycles. The van der Waals surface area contributed by atoms with Gasteiger partial charge >= 0.3 is 0 Å². The monoisotopic (exact) mass is 234 g/mol. The van der Waals surface area contributed by atoms with Crippen molar-refractivity contribution in [2.75, 3.05) is 0 Å². The van der Waals surface area contributed by atoms with Crippen LogP contribution in [0.25, 0.3) is 0 Å². The first kappa shape index (κ1) is 10.9. The number of rotatable bonds is 2. The normalized spacial score (nSPS) is 21.8. The number of imidazole rings is 1. The maximum atomic E-state index is 12.9. The summed E-state index contributed by atoms with van der Waals surface area (Å²) >= 11 is 5.63. The average molecular weight is 235 g/mol. The lowest BCUT2D eigenvalue weighted by Gasteiger charge is -2.28. The van der Waals surface area contributed by atoms with Crippen LogP contribution in [0.2, 0.25) is 0 Å². The Kier molecular flexibility index (Phi) is 2.96. The highest BCUT2D eigenvalue weighted by molar-refractivity contribution is 6.16. The van der Waals surface area contributed by atoms with Gasteiger partial charge in [-0.2, -0.15) is 0 Å². The van der Waals surface area contributed by atoms with Crippen LogP contribution in [0.1, 0.15) is 37.4 Å². The van der Waals surface area contributed by atoms with Crippen molar-refractivity contribution in [1.29, 1.82) is 0 Å². The van der Waals surface area contributed by atoms with Crippen molar-refractivity contribution in [2.45, 2.75) is 43.5 Å². The SMILES string of the molecule is FC1(F)CCC(n2cnc(CCl)c2)CC1. The highest BCUT2D eigenvalue weighted by atomic mass is 35.5. The van der Waals surface area contributed by atoms with E-state index in [1.165, 1.54) is 0 Å². The minimum Gasteiger partial charge on any atom is -0.334 e. The molecule has 1 saturated carbocycles. The minimum atomic E-state index is -2.47. The highest BCUT2D eigenvalue weighted by Gasteiger charge is 2.35. The van der Waals surface area contributed by atoms with E-state index in [0.29, 0.717) is 18.7 Å². The van der Waals surface area contributed by atoms with Crippen molar-refractivity contribution in [1.82, 2.24) is 9.55 Å². The van der Waals surface area contributed by atoms with Gasteiger partial charge in [-0.05, 0) is 12.8 Å². The molecule has 84 valence electrons. The summed E-state index contributed by atoms with van der Waals surface area (Å²) in [7, 11) is 0. The van der Waals surface area contributed by atoms with Crippen LogP contribution in [0, 0.1) is 0 Å². The molecular formula is C10H13ClF2N2. The molecule has 5 heteroatoms. The van der Waals surface area contributed by atoms with Crippen LogP contribution in [0.15, 0.2) is 12.5 Å². The maximum absolute atomic E-state index is 12.9. The third-order valence-electron chi connectivity index (χ3n) is 2.90. The van der Waals surface area contributed by atoms with Crippen molar-refractivity contribution < 1.29 is 8.78 Å². The largest absolute Gasteiger partial charge is 0.334 e. The van der Waals surface area contributed by atoms with Crippen LogP contribution < -0.4 is 0 Å². The van der Waals surface area contributed by atoms with Crippen LogP contribution in [0.3, 0.4) is 0 Å². The molecule has 1 aliphatic carbocycles.